The Bertz CT molecular complexity index is 793. The first-order valence-corrected chi connectivity index (χ1v) is 9.17. The van der Waals surface area contributed by atoms with Crippen LogP contribution in [0, 0.1) is 0 Å². The number of nitrogens with zero attached hydrogens (tertiary/aromatic N) is 5. The summed E-state index contributed by atoms with van der Waals surface area (Å²) in [6, 6.07) is 5.92. The number of rotatable bonds is 10. The van der Waals surface area contributed by atoms with Crippen molar-refractivity contribution in [3.63, 3.8) is 0 Å². The molecule has 0 saturated heterocycles. The number of unbranched alkanes of at least 4 members (excludes halogenated alkanes) is 1. The molecule has 1 aromatic heterocycles. The Hall–Kier alpha value is -2.37. The van der Waals surface area contributed by atoms with Crippen LogP contribution in [0.25, 0.3) is 21.3 Å². The maximum atomic E-state index is 11.8. The number of carbonyl (C=O) groups excluding carboxylic acids is 1. The van der Waals surface area contributed by atoms with Crippen molar-refractivity contribution >= 4 is 16.8 Å². The molecule has 0 aliphatic carbocycles. The van der Waals surface area contributed by atoms with Crippen molar-refractivity contribution < 1.29 is 9.53 Å². The Labute approximate surface area is 154 Å². The summed E-state index contributed by atoms with van der Waals surface area (Å²) in [5, 5.41) is 9.18. The molecule has 0 N–H and O–H groups in total. The number of methoxy groups -OCH3 is 1. The molecule has 140 valence electrons. The van der Waals surface area contributed by atoms with Crippen molar-refractivity contribution in [2.45, 2.75) is 58.4 Å². The molecule has 2 rings (SSSR count). The minimum atomic E-state index is -0.477. The van der Waals surface area contributed by atoms with Gasteiger partial charge >= 0.3 is 0 Å². The van der Waals surface area contributed by atoms with Crippen molar-refractivity contribution in [1.82, 2.24) is 9.78 Å². The number of aryl methyl sites for hydroxylation is 1. The van der Waals surface area contributed by atoms with Crippen LogP contribution in [-0.2, 0) is 22.5 Å². The summed E-state index contributed by atoms with van der Waals surface area (Å²) in [6.45, 7) is 5.86. The SMILES string of the molecule is CCCC(C)c1nn(CCCCOC)c2c(CC(=O)N=[N+]=[N-])cccc12. The molecule has 7 nitrogen and oxygen atoms in total. The molecular formula is C19H27N5O2. The molecule has 1 aromatic carbocycles. The highest BCUT2D eigenvalue weighted by Gasteiger charge is 2.18. The van der Waals surface area contributed by atoms with Crippen LogP contribution in [0.1, 0.15) is 56.7 Å². The van der Waals surface area contributed by atoms with Gasteiger partial charge in [0.05, 0.1) is 11.2 Å². The molecule has 0 spiro atoms. The predicted octanol–water partition coefficient (Wildman–Crippen LogP) is 4.75. The van der Waals surface area contributed by atoms with E-state index >= 15 is 0 Å². The zero-order valence-electron chi connectivity index (χ0n) is 15.8. The van der Waals surface area contributed by atoms with Gasteiger partial charge in [-0.3, -0.25) is 9.48 Å². The van der Waals surface area contributed by atoms with Crippen molar-refractivity contribution in [2.24, 2.45) is 5.11 Å². The van der Waals surface area contributed by atoms with Gasteiger partial charge in [0.25, 0.3) is 0 Å². The van der Waals surface area contributed by atoms with E-state index in [2.05, 4.69) is 29.9 Å². The van der Waals surface area contributed by atoms with Crippen LogP contribution in [0.2, 0.25) is 0 Å². The van der Waals surface area contributed by atoms with E-state index in [1.165, 1.54) is 0 Å². The summed E-state index contributed by atoms with van der Waals surface area (Å²) >= 11 is 0. The molecule has 1 amide bonds. The highest BCUT2D eigenvalue weighted by atomic mass is 16.5. The first-order chi connectivity index (χ1) is 12.6. The van der Waals surface area contributed by atoms with Gasteiger partial charge in [-0.25, -0.2) is 0 Å². The van der Waals surface area contributed by atoms with Crippen molar-refractivity contribution in [3.8, 4) is 0 Å². The van der Waals surface area contributed by atoms with Crippen molar-refractivity contribution in [1.29, 1.82) is 0 Å². The second kappa shape index (κ2) is 9.94. The number of benzene rings is 1. The maximum absolute atomic E-state index is 11.8. The van der Waals surface area contributed by atoms with E-state index in [4.69, 9.17) is 15.4 Å². The zero-order valence-corrected chi connectivity index (χ0v) is 15.8. The number of ether oxygens (including phenoxy) is 1. The Morgan fingerprint density at radius 3 is 2.92 bits per heavy atom. The van der Waals surface area contributed by atoms with Gasteiger partial charge < -0.3 is 4.74 Å². The summed E-state index contributed by atoms with van der Waals surface area (Å²) in [5.74, 6) is -0.124. The third kappa shape index (κ3) is 4.84. The lowest BCUT2D eigenvalue weighted by Gasteiger charge is -2.07. The highest BCUT2D eigenvalue weighted by Crippen LogP contribution is 2.30. The number of azide groups is 1. The predicted molar refractivity (Wildman–Crippen MR) is 102 cm³/mol. The van der Waals surface area contributed by atoms with E-state index in [-0.39, 0.29) is 6.42 Å². The topological polar surface area (TPSA) is 92.9 Å². The van der Waals surface area contributed by atoms with Crippen LogP contribution in [0.15, 0.2) is 23.3 Å². The number of aromatic nitrogens is 2. The van der Waals surface area contributed by atoms with Crippen molar-refractivity contribution in [2.75, 3.05) is 13.7 Å². The minimum Gasteiger partial charge on any atom is -0.385 e. The molecular weight excluding hydrogens is 330 g/mol. The fourth-order valence-corrected chi connectivity index (χ4v) is 3.33. The summed E-state index contributed by atoms with van der Waals surface area (Å²) in [4.78, 5) is 14.4. The van der Waals surface area contributed by atoms with Crippen molar-refractivity contribution in [3.05, 3.63) is 39.9 Å². The highest BCUT2D eigenvalue weighted by molar-refractivity contribution is 5.90. The van der Waals surface area contributed by atoms with E-state index < -0.39 is 5.91 Å². The molecule has 1 heterocycles. The number of hydrogen-bond donors (Lipinski definition) is 0. The molecule has 1 atom stereocenters. The van der Waals surface area contributed by atoms with Gasteiger partial charge in [-0.15, -0.1) is 0 Å². The summed E-state index contributed by atoms with van der Waals surface area (Å²) in [6.07, 6.45) is 4.16. The van der Waals surface area contributed by atoms with Gasteiger partial charge in [0.15, 0.2) is 0 Å². The van der Waals surface area contributed by atoms with Gasteiger partial charge in [-0.2, -0.15) is 5.10 Å². The second-order valence-electron chi connectivity index (χ2n) is 6.57. The van der Waals surface area contributed by atoms with Crippen LogP contribution < -0.4 is 0 Å². The van der Waals surface area contributed by atoms with Gasteiger partial charge in [0, 0.05) is 42.9 Å². The molecule has 7 heteroatoms. The average molecular weight is 357 g/mol. The Balaban J connectivity index is 2.44. The normalized spacial score (nSPS) is 12.1. The Kier molecular flexibility index (Phi) is 7.63. The maximum Gasteiger partial charge on any atom is 0.223 e. The Morgan fingerprint density at radius 2 is 2.23 bits per heavy atom. The monoisotopic (exact) mass is 357 g/mol. The first-order valence-electron chi connectivity index (χ1n) is 9.17. The number of amides is 1. The molecule has 0 radical (unpaired) electrons. The van der Waals surface area contributed by atoms with Gasteiger partial charge in [0.2, 0.25) is 5.91 Å². The molecule has 0 saturated carbocycles. The summed E-state index contributed by atoms with van der Waals surface area (Å²) in [7, 11) is 1.70. The molecule has 0 bridgehead atoms. The van der Waals surface area contributed by atoms with Crippen LogP contribution in [0.3, 0.4) is 0 Å². The lowest BCUT2D eigenvalue weighted by molar-refractivity contribution is -0.117. The summed E-state index contributed by atoms with van der Waals surface area (Å²) < 4.78 is 7.13. The third-order valence-electron chi connectivity index (χ3n) is 4.54. The van der Waals surface area contributed by atoms with Gasteiger partial charge in [-0.05, 0) is 35.5 Å². The number of para-hydroxylation sites is 1. The number of carbonyl (C=O) groups is 1. The fourth-order valence-electron chi connectivity index (χ4n) is 3.33. The van der Waals surface area contributed by atoms with Crippen LogP contribution in [0.5, 0.6) is 0 Å². The number of hydrogen-bond acceptors (Lipinski definition) is 3. The quantitative estimate of drug-likeness (QED) is 0.266. The average Bonchev–Trinajstić information content (AvgIpc) is 2.99. The smallest absolute Gasteiger partial charge is 0.223 e. The minimum absolute atomic E-state index is 0.0900. The standard InChI is InChI=1S/C19H27N5O2/c1-4-8-14(2)18-16-10-7-9-15(13-17(25)21-23-20)19(16)24(22-18)11-5-6-12-26-3/h7,9-10,14H,4-6,8,11-13H2,1-3H3. The molecule has 26 heavy (non-hydrogen) atoms. The van der Waals surface area contributed by atoms with Crippen LogP contribution in [-0.4, -0.2) is 29.4 Å². The second-order valence-corrected chi connectivity index (χ2v) is 6.57. The van der Waals surface area contributed by atoms with Crippen LogP contribution >= 0.6 is 0 Å². The van der Waals surface area contributed by atoms with Gasteiger partial charge in [0.1, 0.15) is 0 Å². The lowest BCUT2D eigenvalue weighted by atomic mass is 9.97. The van der Waals surface area contributed by atoms with E-state index in [1.54, 1.807) is 7.11 Å². The van der Waals surface area contributed by atoms with E-state index in [0.717, 1.165) is 61.0 Å². The molecule has 0 aliphatic rings. The third-order valence-corrected chi connectivity index (χ3v) is 4.54. The molecule has 0 aliphatic heterocycles. The fraction of sp³-hybridized carbons (Fsp3) is 0.579. The molecule has 0 fully saturated rings. The number of fused-ring (bicyclic) bond motifs is 1. The zero-order chi connectivity index (χ0) is 18.9. The Morgan fingerprint density at radius 1 is 1.42 bits per heavy atom. The summed E-state index contributed by atoms with van der Waals surface area (Å²) in [5.41, 5.74) is 11.4. The van der Waals surface area contributed by atoms with E-state index in [0.29, 0.717) is 5.92 Å². The van der Waals surface area contributed by atoms with E-state index in [1.807, 2.05) is 16.8 Å². The molecule has 1 unspecified atom stereocenters. The largest absolute Gasteiger partial charge is 0.385 e. The molecule has 2 aromatic rings. The first kappa shape index (κ1) is 19.9. The van der Waals surface area contributed by atoms with Gasteiger partial charge in [-0.1, -0.05) is 38.5 Å². The van der Waals surface area contributed by atoms with Crippen LogP contribution in [0.4, 0.5) is 0 Å². The van der Waals surface area contributed by atoms with E-state index in [9.17, 15) is 4.79 Å². The lowest BCUT2D eigenvalue weighted by Crippen LogP contribution is -2.06.